The summed E-state index contributed by atoms with van der Waals surface area (Å²) in [5, 5.41) is 7.92. The molecule has 0 unspecified atom stereocenters. The van der Waals surface area contributed by atoms with E-state index >= 15 is 0 Å². The van der Waals surface area contributed by atoms with Crippen molar-refractivity contribution in [3.05, 3.63) is 29.8 Å². The number of quaternary nitrogens is 1. The molecule has 0 bridgehead atoms. The number of carbonyl (C=O) groups is 3. The third-order valence-electron chi connectivity index (χ3n) is 5.05. The average molecular weight is 360 g/mol. The monoisotopic (exact) mass is 360 g/mol. The predicted octanol–water partition coefficient (Wildman–Crippen LogP) is 0.565. The van der Waals surface area contributed by atoms with E-state index in [1.54, 1.807) is 31.2 Å². The summed E-state index contributed by atoms with van der Waals surface area (Å²) in [6.07, 6.45) is 4.58. The van der Waals surface area contributed by atoms with E-state index < -0.39 is 0 Å². The lowest BCUT2D eigenvalue weighted by molar-refractivity contribution is -0.718. The lowest BCUT2D eigenvalue weighted by atomic mass is 9.87. The van der Waals surface area contributed by atoms with Crippen LogP contribution in [0.5, 0.6) is 0 Å². The van der Waals surface area contributed by atoms with Crippen LogP contribution in [0.4, 0.5) is 5.69 Å². The largest absolute Gasteiger partial charge is 0.462 e. The van der Waals surface area contributed by atoms with Crippen molar-refractivity contribution in [1.29, 1.82) is 0 Å². The number of piperazine rings is 1. The van der Waals surface area contributed by atoms with Gasteiger partial charge in [-0.05, 0) is 44.0 Å². The number of rotatable bonds is 5. The van der Waals surface area contributed by atoms with Gasteiger partial charge in [0.2, 0.25) is 5.91 Å². The van der Waals surface area contributed by atoms with Gasteiger partial charge in [-0.25, -0.2) is 4.79 Å². The van der Waals surface area contributed by atoms with Crippen molar-refractivity contribution in [3.63, 3.8) is 0 Å². The molecule has 26 heavy (non-hydrogen) atoms. The molecular weight excluding hydrogens is 334 g/mol. The molecule has 7 nitrogen and oxygen atoms in total. The second-order valence-electron chi connectivity index (χ2n) is 6.91. The lowest BCUT2D eigenvalue weighted by Gasteiger charge is -2.37. The summed E-state index contributed by atoms with van der Waals surface area (Å²) in [6, 6.07) is 6.78. The topological polar surface area (TPSA) is 101 Å². The van der Waals surface area contributed by atoms with Crippen molar-refractivity contribution in [2.24, 2.45) is 0 Å². The molecule has 2 amide bonds. The summed E-state index contributed by atoms with van der Waals surface area (Å²) in [4.78, 5) is 36.2. The molecule has 0 aromatic heterocycles. The van der Waals surface area contributed by atoms with Gasteiger partial charge in [-0.15, -0.1) is 0 Å². The van der Waals surface area contributed by atoms with Crippen LogP contribution < -0.4 is 16.0 Å². The van der Waals surface area contributed by atoms with E-state index in [0.717, 1.165) is 19.3 Å². The van der Waals surface area contributed by atoms with Crippen molar-refractivity contribution in [2.45, 2.75) is 57.2 Å². The van der Waals surface area contributed by atoms with Gasteiger partial charge in [-0.2, -0.15) is 0 Å². The second-order valence-corrected chi connectivity index (χ2v) is 6.91. The molecule has 1 aromatic carbocycles. The highest BCUT2D eigenvalue weighted by molar-refractivity contribution is 5.96. The fourth-order valence-electron chi connectivity index (χ4n) is 3.72. The Bertz CT molecular complexity index is 674. The Morgan fingerprint density at radius 2 is 1.96 bits per heavy atom. The molecule has 140 valence electrons. The lowest BCUT2D eigenvalue weighted by Crippen LogP contribution is -3.03. The molecule has 4 N–H and O–H groups in total. The third kappa shape index (κ3) is 4.40. The van der Waals surface area contributed by atoms with E-state index in [1.807, 2.05) is 0 Å². The number of ether oxygens (including phenoxy) is 1. The first-order chi connectivity index (χ1) is 12.6. The van der Waals surface area contributed by atoms with E-state index in [2.05, 4.69) is 16.0 Å². The maximum Gasteiger partial charge on any atom is 0.338 e. The fraction of sp³-hybridized carbons (Fsp3) is 0.526. The zero-order valence-electron chi connectivity index (χ0n) is 15.0. The zero-order chi connectivity index (χ0) is 18.5. The summed E-state index contributed by atoms with van der Waals surface area (Å²) >= 11 is 0. The van der Waals surface area contributed by atoms with Crippen LogP contribution in [0, 0.1) is 0 Å². The van der Waals surface area contributed by atoms with Crippen LogP contribution >= 0.6 is 0 Å². The highest BCUT2D eigenvalue weighted by atomic mass is 16.5. The average Bonchev–Trinajstić information content (AvgIpc) is 2.63. The molecule has 3 rings (SSSR count). The number of nitrogens with one attached hydrogen (secondary N) is 2. The molecule has 1 aliphatic carbocycles. The number of hydrogen-bond acceptors (Lipinski definition) is 4. The van der Waals surface area contributed by atoms with Crippen LogP contribution in [0.15, 0.2) is 24.3 Å². The van der Waals surface area contributed by atoms with Gasteiger partial charge in [-0.1, -0.05) is 6.42 Å². The first-order valence-corrected chi connectivity index (χ1v) is 9.29. The van der Waals surface area contributed by atoms with Crippen LogP contribution in [-0.4, -0.2) is 42.5 Å². The molecule has 0 radical (unpaired) electrons. The zero-order valence-corrected chi connectivity index (χ0v) is 15.0. The van der Waals surface area contributed by atoms with Gasteiger partial charge in [0, 0.05) is 12.1 Å². The van der Waals surface area contributed by atoms with Crippen molar-refractivity contribution in [3.8, 4) is 0 Å². The standard InChI is InChI=1S/C19H25N3O4/c1-2-26-19(25)12-7-9-13(10-8-12)20-17(23)11-16-18(24)22-15-6-4-3-5-14(15)21-16/h7-10,14-16,21H,2-6,11H2,1H3,(H,20,23)(H,22,24)/p+1/t14-,15+,16-/m0/s1. The van der Waals surface area contributed by atoms with Gasteiger partial charge in [0.1, 0.15) is 6.04 Å². The predicted molar refractivity (Wildman–Crippen MR) is 95.5 cm³/mol. The van der Waals surface area contributed by atoms with E-state index in [4.69, 9.17) is 4.74 Å². The number of nitrogens with two attached hydrogens (primary N) is 1. The Labute approximate surface area is 152 Å². The Morgan fingerprint density at radius 1 is 1.23 bits per heavy atom. The third-order valence-corrected chi connectivity index (χ3v) is 5.05. The molecule has 3 atom stereocenters. The molecule has 1 heterocycles. The summed E-state index contributed by atoms with van der Waals surface area (Å²) in [6.45, 7) is 2.07. The second kappa shape index (κ2) is 8.31. The minimum absolute atomic E-state index is 0.0547. The minimum Gasteiger partial charge on any atom is -0.462 e. The Hall–Kier alpha value is -2.41. The van der Waals surface area contributed by atoms with Crippen LogP contribution in [0.1, 0.15) is 49.4 Å². The molecule has 7 heteroatoms. The van der Waals surface area contributed by atoms with Crippen LogP contribution in [0.25, 0.3) is 0 Å². The number of esters is 1. The SMILES string of the molecule is CCOC(=O)c1ccc(NC(=O)C[C@@H]2[NH2+][C@H]3CCCC[C@H]3NC2=O)cc1. The highest BCUT2D eigenvalue weighted by Gasteiger charge is 2.40. The van der Waals surface area contributed by atoms with Gasteiger partial charge >= 0.3 is 5.97 Å². The molecule has 1 aliphatic heterocycles. The van der Waals surface area contributed by atoms with Crippen LogP contribution in [-0.2, 0) is 14.3 Å². The molecular formula is C19H26N3O4+. The Balaban J connectivity index is 1.53. The molecule has 1 aromatic rings. The molecule has 2 aliphatic rings. The summed E-state index contributed by atoms with van der Waals surface area (Å²) < 4.78 is 4.93. The maximum atomic E-state index is 12.3. The van der Waals surface area contributed by atoms with E-state index in [1.165, 1.54) is 6.42 Å². The Morgan fingerprint density at radius 3 is 2.69 bits per heavy atom. The molecule has 0 spiro atoms. The van der Waals surface area contributed by atoms with Gasteiger partial charge in [0.05, 0.1) is 24.6 Å². The number of hydrogen-bond donors (Lipinski definition) is 3. The van der Waals surface area contributed by atoms with Gasteiger partial charge < -0.3 is 20.7 Å². The van der Waals surface area contributed by atoms with E-state index in [0.29, 0.717) is 23.9 Å². The normalized spacial score (nSPS) is 25.0. The fourth-order valence-corrected chi connectivity index (χ4v) is 3.72. The van der Waals surface area contributed by atoms with Crippen molar-refractivity contribution < 1.29 is 24.4 Å². The van der Waals surface area contributed by atoms with Crippen LogP contribution in [0.2, 0.25) is 0 Å². The highest BCUT2D eigenvalue weighted by Crippen LogP contribution is 2.18. The summed E-state index contributed by atoms with van der Waals surface area (Å²) in [5.74, 6) is -0.651. The first-order valence-electron chi connectivity index (χ1n) is 9.29. The maximum absolute atomic E-state index is 12.3. The number of carbonyl (C=O) groups excluding carboxylic acids is 3. The molecule has 1 saturated heterocycles. The number of amides is 2. The molecule has 1 saturated carbocycles. The minimum atomic E-state index is -0.388. The van der Waals surface area contributed by atoms with Gasteiger partial charge in [0.15, 0.2) is 6.04 Å². The number of anilines is 1. The van der Waals surface area contributed by atoms with Crippen molar-refractivity contribution in [1.82, 2.24) is 5.32 Å². The molecule has 2 fully saturated rings. The Kier molecular flexibility index (Phi) is 5.88. The van der Waals surface area contributed by atoms with Gasteiger partial charge in [0.25, 0.3) is 5.91 Å². The summed E-state index contributed by atoms with van der Waals surface area (Å²) in [5.41, 5.74) is 1.03. The van der Waals surface area contributed by atoms with Crippen molar-refractivity contribution in [2.75, 3.05) is 11.9 Å². The van der Waals surface area contributed by atoms with E-state index in [9.17, 15) is 14.4 Å². The van der Waals surface area contributed by atoms with Gasteiger partial charge in [-0.3, -0.25) is 9.59 Å². The van der Waals surface area contributed by atoms with Crippen LogP contribution in [0.3, 0.4) is 0 Å². The van der Waals surface area contributed by atoms with E-state index in [-0.39, 0.29) is 36.3 Å². The number of benzene rings is 1. The number of fused-ring (bicyclic) bond motifs is 1. The first kappa shape index (κ1) is 18.4. The van der Waals surface area contributed by atoms with Crippen molar-refractivity contribution >= 4 is 23.5 Å². The quantitative estimate of drug-likeness (QED) is 0.668. The smallest absolute Gasteiger partial charge is 0.338 e. The summed E-state index contributed by atoms with van der Waals surface area (Å²) in [7, 11) is 0.